The summed E-state index contributed by atoms with van der Waals surface area (Å²) in [6.07, 6.45) is 7.27. The average molecular weight is 198 g/mol. The van der Waals surface area contributed by atoms with E-state index in [0.717, 1.165) is 18.5 Å². The maximum absolute atomic E-state index is 4.26. The molecule has 1 aromatic heterocycles. The summed E-state index contributed by atoms with van der Waals surface area (Å²) in [6.45, 7) is 2.14. The summed E-state index contributed by atoms with van der Waals surface area (Å²) >= 11 is 0. The van der Waals surface area contributed by atoms with Crippen LogP contribution in [-0.4, -0.2) is 9.97 Å². The molecule has 2 rings (SSSR count). The van der Waals surface area contributed by atoms with Crippen molar-refractivity contribution in [2.75, 3.05) is 0 Å². The Morgan fingerprint density at radius 3 is 2.67 bits per heavy atom. The summed E-state index contributed by atoms with van der Waals surface area (Å²) in [4.78, 5) is 8.32. The van der Waals surface area contributed by atoms with Gasteiger partial charge < -0.3 is 0 Å². The summed E-state index contributed by atoms with van der Waals surface area (Å²) in [6, 6.07) is 8.47. The number of hydrogen-bond donors (Lipinski definition) is 0. The first-order chi connectivity index (χ1) is 7.36. The van der Waals surface area contributed by atoms with Crippen molar-refractivity contribution in [3.8, 4) is 0 Å². The van der Waals surface area contributed by atoms with E-state index in [4.69, 9.17) is 0 Å². The fourth-order valence-corrected chi connectivity index (χ4v) is 1.61. The Labute approximate surface area is 90.0 Å². The van der Waals surface area contributed by atoms with Gasteiger partial charge in [-0.2, -0.15) is 0 Å². The predicted octanol–water partition coefficient (Wildman–Crippen LogP) is 2.57. The van der Waals surface area contributed by atoms with E-state index < -0.39 is 0 Å². The molecule has 0 saturated carbocycles. The standard InChI is InChI=1S/C13H14N2/c1-11-4-2-3-5-12(11)6-7-13-10-14-8-9-15-13/h2-5,8-10H,6-7H2,1H3. The van der Waals surface area contributed by atoms with Crippen molar-refractivity contribution in [3.05, 3.63) is 59.7 Å². The van der Waals surface area contributed by atoms with E-state index in [0.29, 0.717) is 0 Å². The molecule has 0 amide bonds. The van der Waals surface area contributed by atoms with Gasteiger partial charge in [-0.25, -0.2) is 0 Å². The lowest BCUT2D eigenvalue weighted by molar-refractivity contribution is 0.892. The van der Waals surface area contributed by atoms with E-state index in [-0.39, 0.29) is 0 Å². The van der Waals surface area contributed by atoms with Crippen LogP contribution in [0.15, 0.2) is 42.9 Å². The van der Waals surface area contributed by atoms with Gasteiger partial charge in [0.1, 0.15) is 0 Å². The van der Waals surface area contributed by atoms with Crippen LogP contribution in [0.1, 0.15) is 16.8 Å². The Hall–Kier alpha value is -1.70. The van der Waals surface area contributed by atoms with Crippen molar-refractivity contribution in [3.63, 3.8) is 0 Å². The third kappa shape index (κ3) is 2.62. The van der Waals surface area contributed by atoms with Gasteiger partial charge in [0, 0.05) is 18.6 Å². The molecule has 0 unspecified atom stereocenters. The Morgan fingerprint density at radius 1 is 1.07 bits per heavy atom. The normalized spacial score (nSPS) is 10.2. The Balaban J connectivity index is 2.03. The second-order valence-corrected chi connectivity index (χ2v) is 3.62. The topological polar surface area (TPSA) is 25.8 Å². The molecule has 0 bridgehead atoms. The molecule has 0 aliphatic heterocycles. The molecule has 15 heavy (non-hydrogen) atoms. The maximum atomic E-state index is 4.26. The monoisotopic (exact) mass is 198 g/mol. The largest absolute Gasteiger partial charge is 0.261 e. The first-order valence-corrected chi connectivity index (χ1v) is 5.15. The van der Waals surface area contributed by atoms with Crippen LogP contribution in [0.25, 0.3) is 0 Å². The SMILES string of the molecule is Cc1ccccc1CCc1cnccn1. The van der Waals surface area contributed by atoms with Gasteiger partial charge in [0.05, 0.1) is 5.69 Å². The molecule has 1 aromatic carbocycles. The van der Waals surface area contributed by atoms with Crippen LogP contribution in [0.2, 0.25) is 0 Å². The van der Waals surface area contributed by atoms with E-state index in [9.17, 15) is 0 Å². The van der Waals surface area contributed by atoms with Gasteiger partial charge in [-0.05, 0) is 30.9 Å². The number of aryl methyl sites for hydroxylation is 3. The molecule has 0 N–H and O–H groups in total. The Morgan fingerprint density at radius 2 is 1.93 bits per heavy atom. The van der Waals surface area contributed by atoms with Gasteiger partial charge >= 0.3 is 0 Å². The minimum absolute atomic E-state index is 0.957. The van der Waals surface area contributed by atoms with Gasteiger partial charge in [-0.3, -0.25) is 9.97 Å². The zero-order chi connectivity index (χ0) is 10.5. The van der Waals surface area contributed by atoms with Crippen molar-refractivity contribution in [2.45, 2.75) is 19.8 Å². The van der Waals surface area contributed by atoms with Gasteiger partial charge in [-0.1, -0.05) is 24.3 Å². The fraction of sp³-hybridized carbons (Fsp3) is 0.231. The number of nitrogens with zero attached hydrogens (tertiary/aromatic N) is 2. The number of benzene rings is 1. The summed E-state index contributed by atoms with van der Waals surface area (Å²) in [5.41, 5.74) is 3.80. The quantitative estimate of drug-likeness (QED) is 0.757. The Bertz CT molecular complexity index is 424. The summed E-state index contributed by atoms with van der Waals surface area (Å²) in [5.74, 6) is 0. The zero-order valence-electron chi connectivity index (χ0n) is 8.85. The molecule has 0 radical (unpaired) electrons. The van der Waals surface area contributed by atoms with Crippen LogP contribution in [0.5, 0.6) is 0 Å². The first kappa shape index (κ1) is 9.84. The zero-order valence-corrected chi connectivity index (χ0v) is 8.85. The highest BCUT2D eigenvalue weighted by Gasteiger charge is 1.98. The van der Waals surface area contributed by atoms with Crippen LogP contribution < -0.4 is 0 Å². The molecular formula is C13H14N2. The third-order valence-corrected chi connectivity index (χ3v) is 2.53. The van der Waals surface area contributed by atoms with E-state index in [1.54, 1.807) is 12.4 Å². The van der Waals surface area contributed by atoms with E-state index in [1.807, 2.05) is 6.20 Å². The third-order valence-electron chi connectivity index (χ3n) is 2.53. The minimum atomic E-state index is 0.957. The molecule has 2 aromatic rings. The smallest absolute Gasteiger partial charge is 0.0589 e. The van der Waals surface area contributed by atoms with Crippen molar-refractivity contribution < 1.29 is 0 Å². The predicted molar refractivity (Wildman–Crippen MR) is 60.6 cm³/mol. The van der Waals surface area contributed by atoms with Gasteiger partial charge in [0.25, 0.3) is 0 Å². The number of aromatic nitrogens is 2. The van der Waals surface area contributed by atoms with E-state index >= 15 is 0 Å². The summed E-state index contributed by atoms with van der Waals surface area (Å²) in [7, 11) is 0. The fourth-order valence-electron chi connectivity index (χ4n) is 1.61. The number of hydrogen-bond acceptors (Lipinski definition) is 2. The van der Waals surface area contributed by atoms with Crippen LogP contribution in [0, 0.1) is 6.92 Å². The highest BCUT2D eigenvalue weighted by atomic mass is 14.8. The van der Waals surface area contributed by atoms with Crippen molar-refractivity contribution >= 4 is 0 Å². The lowest BCUT2D eigenvalue weighted by Gasteiger charge is -2.04. The molecule has 0 aliphatic carbocycles. The van der Waals surface area contributed by atoms with Crippen LogP contribution in [0.4, 0.5) is 0 Å². The average Bonchev–Trinajstić information content (AvgIpc) is 2.29. The molecular weight excluding hydrogens is 184 g/mol. The molecule has 0 aliphatic rings. The highest BCUT2D eigenvalue weighted by molar-refractivity contribution is 5.26. The molecule has 0 fully saturated rings. The van der Waals surface area contributed by atoms with Crippen LogP contribution >= 0.6 is 0 Å². The van der Waals surface area contributed by atoms with E-state index in [2.05, 4.69) is 41.2 Å². The minimum Gasteiger partial charge on any atom is -0.261 e. The molecule has 0 spiro atoms. The van der Waals surface area contributed by atoms with Gasteiger partial charge in [-0.15, -0.1) is 0 Å². The molecule has 1 heterocycles. The summed E-state index contributed by atoms with van der Waals surface area (Å²) < 4.78 is 0. The molecule has 2 nitrogen and oxygen atoms in total. The van der Waals surface area contributed by atoms with Crippen LogP contribution in [-0.2, 0) is 12.8 Å². The van der Waals surface area contributed by atoms with Gasteiger partial charge in [0.15, 0.2) is 0 Å². The lowest BCUT2D eigenvalue weighted by Crippen LogP contribution is -1.96. The van der Waals surface area contributed by atoms with Crippen molar-refractivity contribution in [1.29, 1.82) is 0 Å². The maximum Gasteiger partial charge on any atom is 0.0589 e. The van der Waals surface area contributed by atoms with Crippen molar-refractivity contribution in [2.24, 2.45) is 0 Å². The lowest BCUT2D eigenvalue weighted by atomic mass is 10.0. The van der Waals surface area contributed by atoms with Gasteiger partial charge in [0.2, 0.25) is 0 Å². The second kappa shape index (κ2) is 4.69. The van der Waals surface area contributed by atoms with E-state index in [1.165, 1.54) is 11.1 Å². The molecule has 2 heteroatoms. The summed E-state index contributed by atoms with van der Waals surface area (Å²) in [5, 5.41) is 0. The molecule has 76 valence electrons. The first-order valence-electron chi connectivity index (χ1n) is 5.15. The van der Waals surface area contributed by atoms with Crippen molar-refractivity contribution in [1.82, 2.24) is 9.97 Å². The molecule has 0 atom stereocenters. The second-order valence-electron chi connectivity index (χ2n) is 3.62. The van der Waals surface area contributed by atoms with Crippen LogP contribution in [0.3, 0.4) is 0 Å². The number of rotatable bonds is 3. The molecule has 0 saturated heterocycles. The highest BCUT2D eigenvalue weighted by Crippen LogP contribution is 2.09. The Kier molecular flexibility index (Phi) is 3.08.